The van der Waals surface area contributed by atoms with Crippen LogP contribution < -0.4 is 15.8 Å². The molecule has 8 heteroatoms. The lowest BCUT2D eigenvalue weighted by atomic mass is 10.1. The van der Waals surface area contributed by atoms with Gasteiger partial charge < -0.3 is 15.8 Å². The highest BCUT2D eigenvalue weighted by atomic mass is 35.5. The van der Waals surface area contributed by atoms with Crippen molar-refractivity contribution in [3.05, 3.63) is 45.1 Å². The highest BCUT2D eigenvalue weighted by Gasteiger charge is 2.16. The zero-order valence-corrected chi connectivity index (χ0v) is 16.3. The number of nitrogens with zero attached hydrogens (tertiary/aromatic N) is 3. The molecule has 2 rings (SSSR count). The minimum absolute atomic E-state index is 0.102. The molecule has 0 aliphatic carbocycles. The first-order chi connectivity index (χ1) is 11.9. The van der Waals surface area contributed by atoms with E-state index in [4.69, 9.17) is 33.7 Å². The van der Waals surface area contributed by atoms with Crippen molar-refractivity contribution < 1.29 is 4.74 Å². The lowest BCUT2D eigenvalue weighted by Crippen LogP contribution is -2.34. The summed E-state index contributed by atoms with van der Waals surface area (Å²) >= 11 is 12.2. The highest BCUT2D eigenvalue weighted by molar-refractivity contribution is 6.35. The number of halogens is 2. The van der Waals surface area contributed by atoms with E-state index in [2.05, 4.69) is 15.4 Å². The monoisotopic (exact) mass is 383 g/mol. The van der Waals surface area contributed by atoms with Crippen LogP contribution in [0, 0.1) is 0 Å². The summed E-state index contributed by atoms with van der Waals surface area (Å²) in [5.74, 6) is 1.02. The number of aliphatic imine (C=N–C) groups is 1. The van der Waals surface area contributed by atoms with Crippen LogP contribution in [0.25, 0.3) is 0 Å². The minimum atomic E-state index is -0.102. The van der Waals surface area contributed by atoms with Gasteiger partial charge in [-0.05, 0) is 31.0 Å². The molecule has 1 aromatic carbocycles. The third kappa shape index (κ3) is 4.58. The predicted molar refractivity (Wildman–Crippen MR) is 102 cm³/mol. The largest absolute Gasteiger partial charge is 0.481 e. The van der Waals surface area contributed by atoms with Crippen molar-refractivity contribution in [3.8, 4) is 5.88 Å². The van der Waals surface area contributed by atoms with Gasteiger partial charge in [0.1, 0.15) is 0 Å². The van der Waals surface area contributed by atoms with E-state index < -0.39 is 0 Å². The molecule has 1 aromatic heterocycles. The molecule has 0 fully saturated rings. The zero-order valence-electron chi connectivity index (χ0n) is 14.8. The average molecular weight is 384 g/mol. The van der Waals surface area contributed by atoms with Crippen LogP contribution in [0.15, 0.2) is 23.2 Å². The van der Waals surface area contributed by atoms with Crippen LogP contribution in [0.2, 0.25) is 10.0 Å². The molecule has 1 heterocycles. The van der Waals surface area contributed by atoms with Gasteiger partial charge in [-0.25, -0.2) is 9.67 Å². The number of rotatable bonds is 6. The number of nitrogens with one attached hydrogen (secondary N) is 1. The number of guanidine groups is 1. The number of hydrogen-bond acceptors (Lipinski definition) is 3. The fourth-order valence-corrected chi connectivity index (χ4v) is 3.24. The molecule has 136 valence electrons. The molecule has 0 aliphatic heterocycles. The Balaban J connectivity index is 2.12. The first-order valence-electron chi connectivity index (χ1n) is 7.97. The third-order valence-electron chi connectivity index (χ3n) is 3.90. The van der Waals surface area contributed by atoms with Gasteiger partial charge in [0, 0.05) is 17.1 Å². The summed E-state index contributed by atoms with van der Waals surface area (Å²) in [4.78, 5) is 4.42. The van der Waals surface area contributed by atoms with Gasteiger partial charge in [-0.1, -0.05) is 36.2 Å². The van der Waals surface area contributed by atoms with Crippen molar-refractivity contribution in [1.29, 1.82) is 0 Å². The van der Waals surface area contributed by atoms with Crippen molar-refractivity contribution >= 4 is 29.2 Å². The lowest BCUT2D eigenvalue weighted by Gasteiger charge is -2.16. The Morgan fingerprint density at radius 2 is 2.16 bits per heavy atom. The summed E-state index contributed by atoms with van der Waals surface area (Å²) in [6.45, 7) is 4.39. The van der Waals surface area contributed by atoms with Crippen LogP contribution >= 0.6 is 23.2 Å². The predicted octanol–water partition coefficient (Wildman–Crippen LogP) is 3.46. The average Bonchev–Trinajstić information content (AvgIpc) is 2.87. The topological polar surface area (TPSA) is 77.5 Å². The normalized spacial score (nSPS) is 13.0. The van der Waals surface area contributed by atoms with Crippen LogP contribution in [-0.4, -0.2) is 22.8 Å². The number of methoxy groups -OCH3 is 1. The van der Waals surface area contributed by atoms with E-state index in [-0.39, 0.29) is 6.04 Å². The van der Waals surface area contributed by atoms with Gasteiger partial charge in [-0.2, -0.15) is 5.10 Å². The zero-order chi connectivity index (χ0) is 18.6. The molecular formula is C17H23Cl2N5O. The molecule has 1 atom stereocenters. The molecule has 2 aromatic rings. The Morgan fingerprint density at radius 1 is 1.44 bits per heavy atom. The smallest absolute Gasteiger partial charge is 0.216 e. The number of hydrogen-bond donors (Lipinski definition) is 2. The minimum Gasteiger partial charge on any atom is -0.481 e. The van der Waals surface area contributed by atoms with Crippen LogP contribution in [0.3, 0.4) is 0 Å². The SMILES string of the molecule is CCc1nn(C)c(OC)c1CN=C(N)NC(C)c1ccc(Cl)cc1Cl. The molecule has 0 amide bonds. The van der Waals surface area contributed by atoms with Crippen molar-refractivity contribution in [2.75, 3.05) is 7.11 Å². The van der Waals surface area contributed by atoms with Crippen molar-refractivity contribution in [3.63, 3.8) is 0 Å². The molecule has 0 spiro atoms. The molecule has 0 saturated carbocycles. The van der Waals surface area contributed by atoms with Gasteiger partial charge in [0.25, 0.3) is 0 Å². The molecule has 25 heavy (non-hydrogen) atoms. The molecule has 0 aliphatic rings. The van der Waals surface area contributed by atoms with Crippen molar-refractivity contribution in [2.45, 2.75) is 32.9 Å². The fraction of sp³-hybridized carbons (Fsp3) is 0.412. The number of aromatic nitrogens is 2. The maximum Gasteiger partial charge on any atom is 0.216 e. The lowest BCUT2D eigenvalue weighted by molar-refractivity contribution is 0.369. The van der Waals surface area contributed by atoms with Crippen molar-refractivity contribution in [1.82, 2.24) is 15.1 Å². The number of nitrogens with two attached hydrogens (primary N) is 1. The number of aryl methyl sites for hydroxylation is 2. The molecule has 0 bridgehead atoms. The summed E-state index contributed by atoms with van der Waals surface area (Å²) in [5.41, 5.74) is 8.82. The molecule has 1 unspecified atom stereocenters. The third-order valence-corrected chi connectivity index (χ3v) is 4.46. The van der Waals surface area contributed by atoms with E-state index >= 15 is 0 Å². The Bertz CT molecular complexity index is 773. The summed E-state index contributed by atoms with van der Waals surface area (Å²) in [5, 5.41) is 8.76. The molecule has 3 N–H and O–H groups in total. The number of benzene rings is 1. The Labute approximate surface area is 158 Å². The van der Waals surface area contributed by atoms with Crippen LogP contribution in [0.4, 0.5) is 0 Å². The van der Waals surface area contributed by atoms with E-state index in [1.54, 1.807) is 23.9 Å². The van der Waals surface area contributed by atoms with Crippen LogP contribution in [-0.2, 0) is 20.0 Å². The number of ether oxygens (including phenoxy) is 1. The van der Waals surface area contributed by atoms with Gasteiger partial charge in [0.2, 0.25) is 5.88 Å². The molecule has 0 radical (unpaired) electrons. The molecule has 6 nitrogen and oxygen atoms in total. The van der Waals surface area contributed by atoms with Gasteiger partial charge >= 0.3 is 0 Å². The fourth-order valence-electron chi connectivity index (χ4n) is 2.67. The van der Waals surface area contributed by atoms with E-state index in [1.165, 1.54) is 0 Å². The maximum absolute atomic E-state index is 6.23. The second kappa shape index (κ2) is 8.45. The molecular weight excluding hydrogens is 361 g/mol. The summed E-state index contributed by atoms with van der Waals surface area (Å²) in [7, 11) is 3.47. The summed E-state index contributed by atoms with van der Waals surface area (Å²) in [6.07, 6.45) is 0.798. The quantitative estimate of drug-likeness (QED) is 0.591. The Hall–Kier alpha value is -1.92. The highest BCUT2D eigenvalue weighted by Crippen LogP contribution is 2.26. The van der Waals surface area contributed by atoms with E-state index in [1.807, 2.05) is 27.0 Å². The van der Waals surface area contributed by atoms with E-state index in [0.29, 0.717) is 28.4 Å². The first-order valence-corrected chi connectivity index (χ1v) is 8.73. The van der Waals surface area contributed by atoms with Gasteiger partial charge in [0.15, 0.2) is 5.96 Å². The van der Waals surface area contributed by atoms with E-state index in [9.17, 15) is 0 Å². The van der Waals surface area contributed by atoms with Crippen molar-refractivity contribution in [2.24, 2.45) is 17.8 Å². The first kappa shape index (κ1) is 19.4. The molecule has 0 saturated heterocycles. The summed E-state index contributed by atoms with van der Waals surface area (Å²) in [6, 6.07) is 5.27. The van der Waals surface area contributed by atoms with Gasteiger partial charge in [0.05, 0.1) is 31.0 Å². The second-order valence-corrected chi connectivity index (χ2v) is 6.49. The Kier molecular flexibility index (Phi) is 6.56. The second-order valence-electron chi connectivity index (χ2n) is 5.65. The van der Waals surface area contributed by atoms with Crippen LogP contribution in [0.1, 0.15) is 36.7 Å². The van der Waals surface area contributed by atoms with E-state index in [0.717, 1.165) is 23.2 Å². The summed E-state index contributed by atoms with van der Waals surface area (Å²) < 4.78 is 7.12. The maximum atomic E-state index is 6.23. The standard InChI is InChI=1S/C17H23Cl2N5O/c1-5-15-13(16(25-4)24(3)23-15)9-21-17(20)22-10(2)12-7-6-11(18)8-14(12)19/h6-8,10H,5,9H2,1-4H3,(H3,20,21,22). The van der Waals surface area contributed by atoms with Crippen LogP contribution in [0.5, 0.6) is 5.88 Å². The Morgan fingerprint density at radius 3 is 2.76 bits per heavy atom. The van der Waals surface area contributed by atoms with Gasteiger partial charge in [-0.15, -0.1) is 0 Å². The van der Waals surface area contributed by atoms with Gasteiger partial charge in [-0.3, -0.25) is 0 Å².